The lowest BCUT2D eigenvalue weighted by molar-refractivity contribution is 0.130. The van der Waals surface area contributed by atoms with Crippen LogP contribution >= 0.6 is 15.9 Å². The zero-order chi connectivity index (χ0) is 10.1. The summed E-state index contributed by atoms with van der Waals surface area (Å²) in [6, 6.07) is 5.53. The van der Waals surface area contributed by atoms with Crippen molar-refractivity contribution in [3.63, 3.8) is 0 Å². The molecule has 0 amide bonds. The van der Waals surface area contributed by atoms with E-state index in [1.54, 1.807) is 0 Å². The molecule has 72 valence electrons. The smallest absolute Gasteiger partial charge is 0.134 e. The normalized spacial score (nSPS) is 11.4. The number of hydrogen-bond donors (Lipinski definition) is 1. The van der Waals surface area contributed by atoms with Crippen LogP contribution in [-0.2, 0) is 0 Å². The highest BCUT2D eigenvalue weighted by Crippen LogP contribution is 2.29. The number of ether oxygens (including phenoxy) is 1. The highest BCUT2D eigenvalue weighted by molar-refractivity contribution is 9.10. The van der Waals surface area contributed by atoms with E-state index >= 15 is 0 Å². The first-order chi connectivity index (χ1) is 5.88. The summed E-state index contributed by atoms with van der Waals surface area (Å²) < 4.78 is 6.58. The molecule has 1 aromatic rings. The molecule has 0 aromatic heterocycles. The van der Waals surface area contributed by atoms with Crippen LogP contribution in [0.2, 0.25) is 0 Å². The van der Waals surface area contributed by atoms with Crippen molar-refractivity contribution in [3.05, 3.63) is 22.7 Å². The van der Waals surface area contributed by atoms with Crippen molar-refractivity contribution in [1.82, 2.24) is 0 Å². The summed E-state index contributed by atoms with van der Waals surface area (Å²) >= 11 is 3.39. The first-order valence-electron chi connectivity index (χ1n) is 4.12. The quantitative estimate of drug-likeness (QED) is 0.770. The Balaban J connectivity index is 2.90. The number of halogens is 1. The Hall–Kier alpha value is -0.700. The van der Waals surface area contributed by atoms with E-state index in [0.29, 0.717) is 0 Å². The average Bonchev–Trinajstić information content (AvgIpc) is 1.93. The molecule has 0 unspecified atom stereocenters. The lowest BCUT2D eigenvalue weighted by Gasteiger charge is -2.22. The number of anilines is 1. The summed E-state index contributed by atoms with van der Waals surface area (Å²) in [6.07, 6.45) is 0. The lowest BCUT2D eigenvalue weighted by Crippen LogP contribution is -2.23. The molecule has 2 nitrogen and oxygen atoms in total. The predicted molar refractivity (Wildman–Crippen MR) is 58.9 cm³/mol. The van der Waals surface area contributed by atoms with Crippen LogP contribution in [0.5, 0.6) is 5.75 Å². The van der Waals surface area contributed by atoms with Crippen molar-refractivity contribution in [2.24, 2.45) is 0 Å². The number of nitrogens with two attached hydrogens (primary N) is 1. The first-order valence-corrected chi connectivity index (χ1v) is 4.92. The second-order valence-corrected chi connectivity index (χ2v) is 4.76. The summed E-state index contributed by atoms with van der Waals surface area (Å²) in [6.45, 7) is 6.03. The van der Waals surface area contributed by atoms with Gasteiger partial charge in [-0.15, -0.1) is 0 Å². The van der Waals surface area contributed by atoms with Crippen molar-refractivity contribution < 1.29 is 4.74 Å². The first kappa shape index (κ1) is 10.4. The van der Waals surface area contributed by atoms with Gasteiger partial charge in [-0.3, -0.25) is 0 Å². The van der Waals surface area contributed by atoms with Gasteiger partial charge < -0.3 is 10.5 Å². The summed E-state index contributed by atoms with van der Waals surface area (Å²) in [7, 11) is 0. The van der Waals surface area contributed by atoms with Crippen molar-refractivity contribution in [2.75, 3.05) is 5.73 Å². The zero-order valence-corrected chi connectivity index (χ0v) is 9.68. The maximum atomic E-state index is 5.69. The molecule has 3 heteroatoms. The molecule has 0 saturated carbocycles. The maximum absolute atomic E-state index is 5.69. The molecule has 0 aliphatic heterocycles. The minimum Gasteiger partial charge on any atom is -0.487 e. The largest absolute Gasteiger partial charge is 0.487 e. The fourth-order valence-electron chi connectivity index (χ4n) is 0.930. The monoisotopic (exact) mass is 243 g/mol. The molecule has 0 aliphatic rings. The van der Waals surface area contributed by atoms with Crippen molar-refractivity contribution in [2.45, 2.75) is 26.4 Å². The Kier molecular flexibility index (Phi) is 2.86. The fourth-order valence-corrected chi connectivity index (χ4v) is 1.41. The van der Waals surface area contributed by atoms with E-state index in [4.69, 9.17) is 10.5 Å². The Morgan fingerprint density at radius 1 is 1.31 bits per heavy atom. The highest BCUT2D eigenvalue weighted by atomic mass is 79.9. The Morgan fingerprint density at radius 2 is 1.92 bits per heavy atom. The molecule has 13 heavy (non-hydrogen) atoms. The summed E-state index contributed by atoms with van der Waals surface area (Å²) in [5, 5.41) is 0. The van der Waals surface area contributed by atoms with Crippen LogP contribution in [-0.4, -0.2) is 5.60 Å². The predicted octanol–water partition coefficient (Wildman–Crippen LogP) is 3.21. The maximum Gasteiger partial charge on any atom is 0.134 e. The average molecular weight is 244 g/mol. The van der Waals surface area contributed by atoms with Gasteiger partial charge in [-0.25, -0.2) is 0 Å². The van der Waals surface area contributed by atoms with Crippen LogP contribution in [0, 0.1) is 0 Å². The van der Waals surface area contributed by atoms with Gasteiger partial charge in [-0.05, 0) is 54.9 Å². The van der Waals surface area contributed by atoms with E-state index in [0.717, 1.165) is 15.9 Å². The molecule has 0 fully saturated rings. The minimum atomic E-state index is -0.182. The number of rotatable bonds is 1. The van der Waals surface area contributed by atoms with E-state index in [1.807, 2.05) is 39.0 Å². The molecule has 0 bridgehead atoms. The number of hydrogen-bond acceptors (Lipinski definition) is 2. The van der Waals surface area contributed by atoms with Gasteiger partial charge in [0.15, 0.2) is 0 Å². The lowest BCUT2D eigenvalue weighted by atomic mass is 10.2. The molecule has 2 N–H and O–H groups in total. The van der Waals surface area contributed by atoms with Gasteiger partial charge in [-0.2, -0.15) is 0 Å². The minimum absolute atomic E-state index is 0.182. The Morgan fingerprint density at radius 3 is 2.38 bits per heavy atom. The summed E-state index contributed by atoms with van der Waals surface area (Å²) in [5.74, 6) is 0.821. The van der Waals surface area contributed by atoms with Crippen molar-refractivity contribution in [1.29, 1.82) is 0 Å². The molecule has 0 heterocycles. The molecule has 1 rings (SSSR count). The van der Waals surface area contributed by atoms with Crippen molar-refractivity contribution in [3.8, 4) is 5.75 Å². The van der Waals surface area contributed by atoms with E-state index in [1.165, 1.54) is 0 Å². The van der Waals surface area contributed by atoms with Gasteiger partial charge >= 0.3 is 0 Å². The van der Waals surface area contributed by atoms with Gasteiger partial charge in [-0.1, -0.05) is 0 Å². The van der Waals surface area contributed by atoms with Gasteiger partial charge in [0.1, 0.15) is 11.4 Å². The standard InChI is InChI=1S/C10H14BrNO/c1-10(2,3)13-9-5-4-7(12)6-8(9)11/h4-6H,12H2,1-3H3. The van der Waals surface area contributed by atoms with Crippen LogP contribution in [0.3, 0.4) is 0 Å². The molecule has 0 saturated heterocycles. The van der Waals surface area contributed by atoms with Crippen LogP contribution in [0.4, 0.5) is 5.69 Å². The topological polar surface area (TPSA) is 35.2 Å². The van der Waals surface area contributed by atoms with Gasteiger partial charge in [0, 0.05) is 5.69 Å². The third-order valence-electron chi connectivity index (χ3n) is 1.37. The van der Waals surface area contributed by atoms with Crippen LogP contribution < -0.4 is 10.5 Å². The molecule has 0 radical (unpaired) electrons. The number of benzene rings is 1. The Labute approximate surface area is 87.2 Å². The third kappa shape index (κ3) is 3.27. The molecular formula is C10H14BrNO. The van der Waals surface area contributed by atoms with Crippen LogP contribution in [0.25, 0.3) is 0 Å². The highest BCUT2D eigenvalue weighted by Gasteiger charge is 2.13. The zero-order valence-electron chi connectivity index (χ0n) is 8.10. The fraction of sp³-hybridized carbons (Fsp3) is 0.400. The van der Waals surface area contributed by atoms with Gasteiger partial charge in [0.25, 0.3) is 0 Å². The van der Waals surface area contributed by atoms with Crippen LogP contribution in [0.15, 0.2) is 22.7 Å². The molecule has 0 aliphatic carbocycles. The summed E-state index contributed by atoms with van der Waals surface area (Å²) in [5.41, 5.74) is 6.15. The third-order valence-corrected chi connectivity index (χ3v) is 1.99. The van der Waals surface area contributed by atoms with E-state index in [9.17, 15) is 0 Å². The van der Waals surface area contributed by atoms with Gasteiger partial charge in [0.2, 0.25) is 0 Å². The molecular weight excluding hydrogens is 230 g/mol. The van der Waals surface area contributed by atoms with Crippen molar-refractivity contribution >= 4 is 21.6 Å². The second kappa shape index (κ2) is 3.58. The van der Waals surface area contributed by atoms with E-state index in [-0.39, 0.29) is 5.60 Å². The SMILES string of the molecule is CC(C)(C)Oc1ccc(N)cc1Br. The van der Waals surface area contributed by atoms with Gasteiger partial charge in [0.05, 0.1) is 4.47 Å². The molecule has 1 aromatic carbocycles. The molecule has 0 spiro atoms. The van der Waals surface area contributed by atoms with Crippen LogP contribution in [0.1, 0.15) is 20.8 Å². The van der Waals surface area contributed by atoms with E-state index < -0.39 is 0 Å². The van der Waals surface area contributed by atoms with E-state index in [2.05, 4.69) is 15.9 Å². The second-order valence-electron chi connectivity index (χ2n) is 3.90. The number of nitrogen functional groups attached to an aromatic ring is 1. The molecule has 0 atom stereocenters. The Bertz CT molecular complexity index is 304. The summed E-state index contributed by atoms with van der Waals surface area (Å²) in [4.78, 5) is 0.